The fourth-order valence-electron chi connectivity index (χ4n) is 3.87. The van der Waals surface area contributed by atoms with Gasteiger partial charge in [0.15, 0.2) is 9.84 Å². The normalized spacial score (nSPS) is 18.1. The van der Waals surface area contributed by atoms with E-state index in [1.165, 1.54) is 5.56 Å². The van der Waals surface area contributed by atoms with Crippen LogP contribution in [-0.2, 0) is 16.4 Å². The van der Waals surface area contributed by atoms with Gasteiger partial charge in [0.1, 0.15) is 0 Å². The number of hydrogen-bond acceptors (Lipinski definition) is 5. The third-order valence-corrected chi connectivity index (χ3v) is 7.24. The molecule has 2 heterocycles. The van der Waals surface area contributed by atoms with Gasteiger partial charge in [-0.2, -0.15) is 10.2 Å². The van der Waals surface area contributed by atoms with Gasteiger partial charge < -0.3 is 0 Å². The van der Waals surface area contributed by atoms with Crippen molar-refractivity contribution in [1.29, 1.82) is 0 Å². The summed E-state index contributed by atoms with van der Waals surface area (Å²) in [4.78, 5) is 0. The van der Waals surface area contributed by atoms with Crippen molar-refractivity contribution < 1.29 is 8.42 Å². The number of benzene rings is 2. The van der Waals surface area contributed by atoms with E-state index in [-0.39, 0.29) is 17.5 Å². The van der Waals surface area contributed by atoms with Crippen LogP contribution in [0.1, 0.15) is 35.0 Å². The topological polar surface area (TPSA) is 67.6 Å². The zero-order valence-corrected chi connectivity index (χ0v) is 18.1. The van der Waals surface area contributed by atoms with Crippen molar-refractivity contribution in [2.24, 2.45) is 5.10 Å². The molecule has 0 bridgehead atoms. The minimum Gasteiger partial charge on any atom is -0.265 e. The lowest BCUT2D eigenvalue weighted by molar-refractivity contribution is 0.486. The predicted octanol–water partition coefficient (Wildman–Crippen LogP) is 3.90. The zero-order chi connectivity index (χ0) is 21.1. The Morgan fingerprint density at radius 3 is 2.40 bits per heavy atom. The van der Waals surface area contributed by atoms with Crippen molar-refractivity contribution >= 4 is 21.7 Å². The van der Waals surface area contributed by atoms with Gasteiger partial charge in [-0.3, -0.25) is 9.69 Å². The van der Waals surface area contributed by atoms with E-state index >= 15 is 0 Å². The Balaban J connectivity index is 1.63. The molecule has 0 amide bonds. The van der Waals surface area contributed by atoms with Crippen LogP contribution < -0.4 is 5.01 Å². The van der Waals surface area contributed by atoms with E-state index in [2.05, 4.69) is 17.2 Å². The number of para-hydroxylation sites is 1. The third kappa shape index (κ3) is 4.46. The molecule has 1 aromatic heterocycles. The average Bonchev–Trinajstić information content (AvgIpc) is 3.25. The molecule has 30 heavy (non-hydrogen) atoms. The third-order valence-electron chi connectivity index (χ3n) is 5.49. The summed E-state index contributed by atoms with van der Waals surface area (Å²) >= 11 is 0. The summed E-state index contributed by atoms with van der Waals surface area (Å²) < 4.78 is 25.6. The van der Waals surface area contributed by atoms with Crippen molar-refractivity contribution in [3.8, 4) is 0 Å². The first-order valence-corrected chi connectivity index (χ1v) is 11.9. The van der Waals surface area contributed by atoms with E-state index in [0.717, 1.165) is 22.6 Å². The van der Waals surface area contributed by atoms with Crippen LogP contribution in [0.4, 0.5) is 5.69 Å². The summed E-state index contributed by atoms with van der Waals surface area (Å²) in [5.74, 6) is 0.397. The molecule has 7 heteroatoms. The van der Waals surface area contributed by atoms with E-state index < -0.39 is 9.84 Å². The molecule has 156 valence electrons. The molecular weight excluding hydrogens is 396 g/mol. The largest absolute Gasteiger partial charge is 0.265 e. The maximum Gasteiger partial charge on any atom is 0.152 e. The summed E-state index contributed by atoms with van der Waals surface area (Å²) in [6.45, 7) is 4.57. The van der Waals surface area contributed by atoms with Gasteiger partial charge in [0, 0.05) is 11.3 Å². The SMILES string of the molecule is Cc1nn([C@H]2CCS(=O)(=O)C2)c(C)c1C=NN(Cc1ccccc1)c1ccccc1. The van der Waals surface area contributed by atoms with Gasteiger partial charge in [0.2, 0.25) is 0 Å². The first-order chi connectivity index (χ1) is 14.4. The molecule has 1 saturated heterocycles. The van der Waals surface area contributed by atoms with Crippen molar-refractivity contribution in [3.05, 3.63) is 83.2 Å². The predicted molar refractivity (Wildman–Crippen MR) is 121 cm³/mol. The molecule has 1 fully saturated rings. The maximum absolute atomic E-state index is 11.9. The number of aryl methyl sites for hydroxylation is 1. The van der Waals surface area contributed by atoms with Crippen LogP contribution in [0.15, 0.2) is 65.8 Å². The highest BCUT2D eigenvalue weighted by molar-refractivity contribution is 7.91. The first kappa shape index (κ1) is 20.3. The standard InChI is InChI=1S/C23H26N4O2S/c1-18-23(19(2)27(25-18)22-13-14-30(28,29)17-22)15-24-26(21-11-7-4-8-12-21)16-20-9-5-3-6-10-20/h3-12,15,22H,13-14,16-17H2,1-2H3/t22-/m0/s1. The average molecular weight is 423 g/mol. The Kier molecular flexibility index (Phi) is 5.72. The van der Waals surface area contributed by atoms with E-state index in [4.69, 9.17) is 5.10 Å². The molecule has 1 aliphatic rings. The van der Waals surface area contributed by atoms with Crippen molar-refractivity contribution in [1.82, 2.24) is 9.78 Å². The lowest BCUT2D eigenvalue weighted by atomic mass is 10.2. The molecule has 6 nitrogen and oxygen atoms in total. The molecule has 2 aromatic carbocycles. The molecule has 0 saturated carbocycles. The lowest BCUT2D eigenvalue weighted by Crippen LogP contribution is -2.16. The maximum atomic E-state index is 11.9. The molecule has 4 rings (SSSR count). The Bertz CT molecular complexity index is 1140. The molecule has 0 N–H and O–H groups in total. The Hall–Kier alpha value is -2.93. The fourth-order valence-corrected chi connectivity index (χ4v) is 5.56. The number of rotatable bonds is 6. The van der Waals surface area contributed by atoms with Crippen LogP contribution >= 0.6 is 0 Å². The van der Waals surface area contributed by atoms with Gasteiger partial charge in [0.25, 0.3) is 0 Å². The number of anilines is 1. The molecule has 0 aliphatic carbocycles. The highest BCUT2D eigenvalue weighted by atomic mass is 32.2. The number of sulfone groups is 1. The highest BCUT2D eigenvalue weighted by Gasteiger charge is 2.31. The van der Waals surface area contributed by atoms with Gasteiger partial charge in [-0.15, -0.1) is 0 Å². The molecule has 0 unspecified atom stereocenters. The summed E-state index contributed by atoms with van der Waals surface area (Å²) in [6.07, 6.45) is 2.46. The second-order valence-electron chi connectivity index (χ2n) is 7.71. The molecule has 1 aliphatic heterocycles. The summed E-state index contributed by atoms with van der Waals surface area (Å²) in [5, 5.41) is 11.4. The summed E-state index contributed by atoms with van der Waals surface area (Å²) in [5.41, 5.74) is 4.91. The second-order valence-corrected chi connectivity index (χ2v) is 9.94. The monoisotopic (exact) mass is 422 g/mol. The minimum atomic E-state index is -2.96. The Morgan fingerprint density at radius 1 is 1.10 bits per heavy atom. The second kappa shape index (κ2) is 8.44. The summed E-state index contributed by atoms with van der Waals surface area (Å²) in [6, 6.07) is 20.2. The van der Waals surface area contributed by atoms with E-state index in [0.29, 0.717) is 13.0 Å². The molecule has 3 aromatic rings. The quantitative estimate of drug-likeness (QED) is 0.446. The van der Waals surface area contributed by atoms with Gasteiger partial charge in [-0.1, -0.05) is 48.5 Å². The van der Waals surface area contributed by atoms with E-state index in [1.54, 1.807) is 0 Å². The van der Waals surface area contributed by atoms with Crippen LogP contribution in [0.3, 0.4) is 0 Å². The number of nitrogens with zero attached hydrogens (tertiary/aromatic N) is 4. The molecule has 0 radical (unpaired) electrons. The molecular formula is C23H26N4O2S. The van der Waals surface area contributed by atoms with Gasteiger partial charge in [-0.25, -0.2) is 8.42 Å². The zero-order valence-electron chi connectivity index (χ0n) is 17.3. The highest BCUT2D eigenvalue weighted by Crippen LogP contribution is 2.26. The van der Waals surface area contributed by atoms with Crippen LogP contribution in [0.25, 0.3) is 0 Å². The Morgan fingerprint density at radius 2 is 1.77 bits per heavy atom. The van der Waals surface area contributed by atoms with Gasteiger partial charge >= 0.3 is 0 Å². The number of hydrogen-bond donors (Lipinski definition) is 0. The van der Waals surface area contributed by atoms with E-state index in [1.807, 2.05) is 78.3 Å². The minimum absolute atomic E-state index is 0.0922. The fraction of sp³-hybridized carbons (Fsp3) is 0.304. The molecule has 1 atom stereocenters. The Labute approximate surface area is 177 Å². The number of aromatic nitrogens is 2. The molecule has 0 spiro atoms. The van der Waals surface area contributed by atoms with E-state index in [9.17, 15) is 8.42 Å². The first-order valence-electron chi connectivity index (χ1n) is 10.1. The van der Waals surface area contributed by atoms with Crippen molar-refractivity contribution in [3.63, 3.8) is 0 Å². The lowest BCUT2D eigenvalue weighted by Gasteiger charge is -2.19. The van der Waals surface area contributed by atoms with Crippen LogP contribution in [0.5, 0.6) is 0 Å². The van der Waals surface area contributed by atoms with Crippen LogP contribution in [-0.4, -0.2) is 35.9 Å². The smallest absolute Gasteiger partial charge is 0.152 e. The number of hydrazone groups is 1. The van der Waals surface area contributed by atoms with Crippen molar-refractivity contribution in [2.75, 3.05) is 16.5 Å². The van der Waals surface area contributed by atoms with Crippen LogP contribution in [0.2, 0.25) is 0 Å². The van der Waals surface area contributed by atoms with Crippen molar-refractivity contribution in [2.45, 2.75) is 32.9 Å². The van der Waals surface area contributed by atoms with Gasteiger partial charge in [0.05, 0.1) is 41.7 Å². The van der Waals surface area contributed by atoms with Gasteiger partial charge in [-0.05, 0) is 38.0 Å². The summed E-state index contributed by atoms with van der Waals surface area (Å²) in [7, 11) is -2.96. The van der Waals surface area contributed by atoms with Crippen LogP contribution in [0, 0.1) is 13.8 Å².